The van der Waals surface area contributed by atoms with Gasteiger partial charge in [0.25, 0.3) is 0 Å². The Morgan fingerprint density at radius 2 is 1.56 bits per heavy atom. The molecule has 1 saturated carbocycles. The van der Waals surface area contributed by atoms with Crippen molar-refractivity contribution in [1.82, 2.24) is 0 Å². The van der Waals surface area contributed by atoms with Crippen molar-refractivity contribution in [2.75, 3.05) is 0 Å². The normalized spacial score (nSPS) is 19.8. The van der Waals surface area contributed by atoms with Crippen molar-refractivity contribution in [3.63, 3.8) is 0 Å². The average molecular weight is 569 g/mol. The molecule has 2 aliphatic carbocycles. The van der Waals surface area contributed by atoms with Crippen LogP contribution in [0.5, 0.6) is 0 Å². The summed E-state index contributed by atoms with van der Waals surface area (Å²) in [4.78, 5) is 0. The molecule has 0 aliphatic heterocycles. The Kier molecular flexibility index (Phi) is 5.77. The van der Waals surface area contributed by atoms with E-state index in [-0.39, 0.29) is 16.2 Å². The number of aromatic nitrogens is 1. The predicted octanol–water partition coefficient (Wildman–Crippen LogP) is 10.2. The largest absolute Gasteiger partial charge is 0.454 e. The first-order valence-electron chi connectivity index (χ1n) is 16.3. The summed E-state index contributed by atoms with van der Waals surface area (Å²) in [5.41, 5.74) is 10.8. The summed E-state index contributed by atoms with van der Waals surface area (Å²) in [6, 6.07) is 21.6. The second-order valence-electron chi connectivity index (χ2n) is 14.5. The van der Waals surface area contributed by atoms with E-state index in [4.69, 9.17) is 4.42 Å². The van der Waals surface area contributed by atoms with Gasteiger partial charge in [0, 0.05) is 29.8 Å². The quantitative estimate of drug-likeness (QED) is 0.203. The van der Waals surface area contributed by atoms with Crippen molar-refractivity contribution in [2.24, 2.45) is 12.5 Å². The molecule has 1 fully saturated rings. The molecule has 3 heteroatoms. The minimum atomic E-state index is -0.630. The van der Waals surface area contributed by atoms with Crippen molar-refractivity contribution < 1.29 is 10.4 Å². The summed E-state index contributed by atoms with van der Waals surface area (Å²) in [5, 5.41) is 12.5. The van der Waals surface area contributed by atoms with Crippen molar-refractivity contribution in [1.29, 1.82) is 5.26 Å². The number of rotatable bonds is 3. The third-order valence-corrected chi connectivity index (χ3v) is 11.9. The van der Waals surface area contributed by atoms with Gasteiger partial charge in [-0.2, -0.15) is 5.26 Å². The smallest absolute Gasteiger partial charge is 0.216 e. The molecule has 0 amide bonds. The fraction of sp³-hybridized carbons (Fsp3) is 0.400. The fourth-order valence-electron chi connectivity index (χ4n) is 8.22. The molecular weight excluding hydrogens is 524 g/mol. The SMILES string of the molecule is [2H]C1(c2cc(-c3c(C#N)ccc4c3oc3c(-c5cccc[n+]5C)c(C)ccc34)cc3c2C(C)(C)C(C)(C)C3(C)C)CCCC1. The molecule has 0 radical (unpaired) electrons. The number of aryl methyl sites for hydroxylation is 2. The van der Waals surface area contributed by atoms with E-state index in [0.29, 0.717) is 5.56 Å². The van der Waals surface area contributed by atoms with Gasteiger partial charge < -0.3 is 4.42 Å². The Hall–Kier alpha value is -3.90. The molecule has 0 atom stereocenters. The highest BCUT2D eigenvalue weighted by molar-refractivity contribution is 6.14. The third-order valence-electron chi connectivity index (χ3n) is 11.9. The van der Waals surface area contributed by atoms with E-state index in [1.807, 2.05) is 18.2 Å². The molecule has 7 rings (SSSR count). The predicted molar refractivity (Wildman–Crippen MR) is 176 cm³/mol. The standard InChI is InChI=1S/C40H43N2O/c1-24-16-18-28-29-19-17-26(23-41)34(37(29)43-36(28)33(24)32-15-11-12-20-42(32)8)27-21-30(25-13-9-10-14-25)35-31(22-27)38(2,3)40(6,7)39(35,4)5/h11-12,15-22,25H,9-10,13-14H2,1-8H3/q+1/i25D. The average Bonchev–Trinajstić information content (AvgIpc) is 3.62. The van der Waals surface area contributed by atoms with Crippen LogP contribution in [0.25, 0.3) is 44.3 Å². The number of hydrogen-bond donors (Lipinski definition) is 0. The van der Waals surface area contributed by atoms with E-state index in [0.717, 1.165) is 81.1 Å². The summed E-state index contributed by atoms with van der Waals surface area (Å²) < 4.78 is 18.9. The minimum absolute atomic E-state index is 0.0360. The molecule has 43 heavy (non-hydrogen) atoms. The van der Waals surface area contributed by atoms with Gasteiger partial charge in [0.2, 0.25) is 5.69 Å². The molecule has 0 bridgehead atoms. The Labute approximate surface area is 257 Å². The van der Waals surface area contributed by atoms with E-state index >= 15 is 0 Å². The Balaban J connectivity index is 1.60. The first-order chi connectivity index (χ1) is 20.7. The summed E-state index contributed by atoms with van der Waals surface area (Å²) in [6.45, 7) is 16.4. The van der Waals surface area contributed by atoms with Gasteiger partial charge in [-0.05, 0) is 87.9 Å². The van der Waals surface area contributed by atoms with E-state index < -0.39 is 5.89 Å². The van der Waals surface area contributed by atoms with E-state index in [9.17, 15) is 6.63 Å². The minimum Gasteiger partial charge on any atom is -0.454 e. The fourth-order valence-corrected chi connectivity index (χ4v) is 8.22. The molecule has 0 spiro atoms. The monoisotopic (exact) mass is 568 g/mol. The molecule has 5 aromatic rings. The van der Waals surface area contributed by atoms with Gasteiger partial charge in [-0.3, -0.25) is 0 Å². The Morgan fingerprint density at radius 3 is 2.23 bits per heavy atom. The van der Waals surface area contributed by atoms with Crippen LogP contribution in [0, 0.1) is 23.7 Å². The zero-order chi connectivity index (χ0) is 31.4. The van der Waals surface area contributed by atoms with Crippen molar-refractivity contribution in [3.05, 3.63) is 88.6 Å². The molecule has 2 aliphatic rings. The molecule has 2 aromatic heterocycles. The maximum atomic E-state index is 10.5. The molecule has 2 heterocycles. The zero-order valence-electron chi connectivity index (χ0n) is 27.9. The molecular formula is C40H43N2O+. The lowest BCUT2D eigenvalue weighted by Gasteiger charge is -2.45. The van der Waals surface area contributed by atoms with Crippen LogP contribution in [0.1, 0.15) is 102 Å². The van der Waals surface area contributed by atoms with Gasteiger partial charge in [0.05, 0.1) is 17.2 Å². The zero-order valence-corrected chi connectivity index (χ0v) is 26.9. The van der Waals surface area contributed by atoms with Crippen LogP contribution in [0.4, 0.5) is 0 Å². The van der Waals surface area contributed by atoms with Crippen molar-refractivity contribution in [3.8, 4) is 28.5 Å². The van der Waals surface area contributed by atoms with Crippen LogP contribution in [0.3, 0.4) is 0 Å². The number of benzene rings is 3. The van der Waals surface area contributed by atoms with Crippen LogP contribution in [0.2, 0.25) is 0 Å². The molecule has 0 N–H and O–H groups in total. The van der Waals surface area contributed by atoms with E-state index in [1.54, 1.807) is 0 Å². The van der Waals surface area contributed by atoms with Gasteiger partial charge in [0.1, 0.15) is 18.2 Å². The highest BCUT2D eigenvalue weighted by atomic mass is 16.3. The van der Waals surface area contributed by atoms with Crippen LogP contribution in [0.15, 0.2) is 65.2 Å². The maximum Gasteiger partial charge on any atom is 0.216 e. The summed E-state index contributed by atoms with van der Waals surface area (Å²) >= 11 is 0. The number of nitrogens with zero attached hydrogens (tertiary/aromatic N) is 2. The highest BCUT2D eigenvalue weighted by Crippen LogP contribution is 2.64. The molecule has 0 unspecified atom stereocenters. The van der Waals surface area contributed by atoms with Gasteiger partial charge in [-0.25, -0.2) is 4.57 Å². The first kappa shape index (κ1) is 26.7. The lowest BCUT2D eigenvalue weighted by Crippen LogP contribution is -2.42. The van der Waals surface area contributed by atoms with E-state index in [1.165, 1.54) is 11.1 Å². The van der Waals surface area contributed by atoms with Crippen LogP contribution in [-0.4, -0.2) is 0 Å². The third kappa shape index (κ3) is 3.68. The van der Waals surface area contributed by atoms with E-state index in [2.05, 4.69) is 109 Å². The topological polar surface area (TPSA) is 40.8 Å². The number of nitriles is 1. The van der Waals surface area contributed by atoms with Gasteiger partial charge in [-0.15, -0.1) is 0 Å². The van der Waals surface area contributed by atoms with Crippen LogP contribution in [-0.2, 0) is 17.9 Å². The summed E-state index contributed by atoms with van der Waals surface area (Å²) in [6.07, 6.45) is 5.97. The number of hydrogen-bond acceptors (Lipinski definition) is 2. The van der Waals surface area contributed by atoms with Gasteiger partial charge >= 0.3 is 0 Å². The van der Waals surface area contributed by atoms with Gasteiger partial charge in [0.15, 0.2) is 6.20 Å². The second-order valence-corrected chi connectivity index (χ2v) is 14.5. The molecule has 0 saturated heterocycles. The number of pyridine rings is 1. The lowest BCUT2D eigenvalue weighted by molar-refractivity contribution is -0.660. The van der Waals surface area contributed by atoms with Crippen molar-refractivity contribution >= 4 is 21.9 Å². The van der Waals surface area contributed by atoms with Gasteiger partial charge in [-0.1, -0.05) is 78.6 Å². The molecule has 3 aromatic carbocycles. The van der Waals surface area contributed by atoms with Crippen molar-refractivity contribution in [2.45, 2.75) is 90.9 Å². The van der Waals surface area contributed by atoms with Crippen LogP contribution >= 0.6 is 0 Å². The Morgan fingerprint density at radius 1 is 0.884 bits per heavy atom. The summed E-state index contributed by atoms with van der Waals surface area (Å²) in [5.74, 6) is -0.630. The first-order valence-corrected chi connectivity index (χ1v) is 15.8. The number of furan rings is 1. The second kappa shape index (κ2) is 9.30. The maximum absolute atomic E-state index is 10.5. The summed E-state index contributed by atoms with van der Waals surface area (Å²) in [7, 11) is 2.06. The number of fused-ring (bicyclic) bond motifs is 4. The molecule has 3 nitrogen and oxygen atoms in total. The lowest BCUT2D eigenvalue weighted by atomic mass is 9.59. The van der Waals surface area contributed by atoms with Crippen LogP contribution < -0.4 is 4.57 Å². The molecule has 218 valence electrons. The highest BCUT2D eigenvalue weighted by Gasteiger charge is 2.58. The Bertz CT molecular complexity index is 2050.